The molecule has 0 amide bonds. The number of allylic oxidation sites excluding steroid dienone is 1. The number of aromatic hydroxyl groups is 1. The SMILES string of the molecule is N#CC1=C(N)Oc2cc(O)ccc2C1c1cc[nH+]cc1. The second-order valence-corrected chi connectivity index (χ2v) is 4.48. The lowest BCUT2D eigenvalue weighted by atomic mass is 9.84. The van der Waals surface area contributed by atoms with Gasteiger partial charge in [-0.25, -0.2) is 4.98 Å². The van der Waals surface area contributed by atoms with Crippen molar-refractivity contribution in [2.45, 2.75) is 5.92 Å². The van der Waals surface area contributed by atoms with Gasteiger partial charge in [-0.05, 0) is 11.6 Å². The van der Waals surface area contributed by atoms with E-state index in [0.29, 0.717) is 11.3 Å². The van der Waals surface area contributed by atoms with Crippen molar-refractivity contribution in [1.29, 1.82) is 5.26 Å². The van der Waals surface area contributed by atoms with Crippen molar-refractivity contribution in [3.05, 3.63) is 65.3 Å². The molecule has 4 N–H and O–H groups in total. The number of hydrogen-bond acceptors (Lipinski definition) is 4. The van der Waals surface area contributed by atoms with Gasteiger partial charge in [-0.15, -0.1) is 0 Å². The van der Waals surface area contributed by atoms with Crippen LogP contribution in [0.15, 0.2) is 54.2 Å². The lowest BCUT2D eigenvalue weighted by Crippen LogP contribution is -2.21. The van der Waals surface area contributed by atoms with Crippen LogP contribution < -0.4 is 15.5 Å². The van der Waals surface area contributed by atoms with Gasteiger partial charge in [0.2, 0.25) is 5.88 Å². The maximum absolute atomic E-state index is 9.55. The molecule has 0 spiro atoms. The highest BCUT2D eigenvalue weighted by Gasteiger charge is 2.30. The van der Waals surface area contributed by atoms with Crippen molar-refractivity contribution in [2.75, 3.05) is 0 Å². The molecule has 5 heteroatoms. The van der Waals surface area contributed by atoms with E-state index in [4.69, 9.17) is 10.5 Å². The van der Waals surface area contributed by atoms with Crippen LogP contribution in [-0.2, 0) is 0 Å². The topological polar surface area (TPSA) is 93.4 Å². The van der Waals surface area contributed by atoms with Crippen molar-refractivity contribution in [1.82, 2.24) is 0 Å². The largest absolute Gasteiger partial charge is 0.508 e. The third kappa shape index (κ3) is 1.84. The smallest absolute Gasteiger partial charge is 0.205 e. The summed E-state index contributed by atoms with van der Waals surface area (Å²) in [5, 5.41) is 18.9. The quantitative estimate of drug-likeness (QED) is 0.816. The van der Waals surface area contributed by atoms with Gasteiger partial charge in [0.15, 0.2) is 12.4 Å². The predicted octanol–water partition coefficient (Wildman–Crippen LogP) is 1.42. The number of rotatable bonds is 1. The number of pyridine rings is 1. The van der Waals surface area contributed by atoms with Crippen LogP contribution in [0.4, 0.5) is 0 Å². The number of nitriles is 1. The average Bonchev–Trinajstić information content (AvgIpc) is 2.46. The lowest BCUT2D eigenvalue weighted by Gasteiger charge is -2.25. The number of aromatic nitrogens is 1. The van der Waals surface area contributed by atoms with E-state index in [-0.39, 0.29) is 17.6 Å². The Morgan fingerprint density at radius 3 is 2.70 bits per heavy atom. The number of nitrogens with zero attached hydrogens (tertiary/aromatic N) is 1. The molecule has 1 aliphatic rings. The summed E-state index contributed by atoms with van der Waals surface area (Å²) < 4.78 is 5.43. The molecule has 1 aromatic carbocycles. The molecule has 98 valence electrons. The predicted molar refractivity (Wildman–Crippen MR) is 70.4 cm³/mol. The van der Waals surface area contributed by atoms with Crippen LogP contribution in [0.25, 0.3) is 0 Å². The number of phenolic OH excluding ortho intramolecular Hbond substituents is 1. The van der Waals surface area contributed by atoms with Crippen LogP contribution in [0.3, 0.4) is 0 Å². The number of nitrogens with one attached hydrogen (secondary N) is 1. The number of benzene rings is 1. The van der Waals surface area contributed by atoms with Crippen molar-refractivity contribution < 1.29 is 14.8 Å². The molecular formula is C15H12N3O2+. The molecule has 0 saturated heterocycles. The standard InChI is InChI=1S/C15H11N3O2/c16-8-12-14(9-3-5-18-6-4-9)11-2-1-10(19)7-13(11)20-15(12)17/h1-7,14,19H,17H2/p+1. The van der Waals surface area contributed by atoms with E-state index in [1.54, 1.807) is 24.5 Å². The highest BCUT2D eigenvalue weighted by molar-refractivity contribution is 5.56. The number of phenols is 1. The average molecular weight is 266 g/mol. The first-order chi connectivity index (χ1) is 9.70. The van der Waals surface area contributed by atoms with Crippen LogP contribution in [0.2, 0.25) is 0 Å². The maximum Gasteiger partial charge on any atom is 0.205 e. The third-order valence-electron chi connectivity index (χ3n) is 3.28. The molecule has 0 saturated carbocycles. The second-order valence-electron chi connectivity index (χ2n) is 4.48. The van der Waals surface area contributed by atoms with Gasteiger partial charge in [0.1, 0.15) is 23.1 Å². The molecule has 1 unspecified atom stereocenters. The molecule has 0 bridgehead atoms. The van der Waals surface area contributed by atoms with Gasteiger partial charge in [0.05, 0.1) is 5.92 Å². The van der Waals surface area contributed by atoms with Gasteiger partial charge >= 0.3 is 0 Å². The number of aromatic amines is 1. The first kappa shape index (κ1) is 12.1. The Hall–Kier alpha value is -3.00. The Morgan fingerprint density at radius 2 is 2.00 bits per heavy atom. The van der Waals surface area contributed by atoms with Gasteiger partial charge < -0.3 is 15.6 Å². The summed E-state index contributed by atoms with van der Waals surface area (Å²) in [5.41, 5.74) is 7.93. The third-order valence-corrected chi connectivity index (χ3v) is 3.28. The van der Waals surface area contributed by atoms with E-state index < -0.39 is 0 Å². The highest BCUT2D eigenvalue weighted by Crippen LogP contribution is 2.42. The zero-order chi connectivity index (χ0) is 14.1. The molecule has 3 rings (SSSR count). The Kier molecular flexibility index (Phi) is 2.77. The van der Waals surface area contributed by atoms with E-state index in [9.17, 15) is 10.4 Å². The van der Waals surface area contributed by atoms with Gasteiger partial charge in [0.25, 0.3) is 0 Å². The molecule has 1 atom stereocenters. The van der Waals surface area contributed by atoms with E-state index in [1.807, 2.05) is 12.1 Å². The molecule has 0 fully saturated rings. The molecular weight excluding hydrogens is 254 g/mol. The van der Waals surface area contributed by atoms with Crippen LogP contribution in [-0.4, -0.2) is 5.11 Å². The molecule has 2 aromatic rings. The number of fused-ring (bicyclic) bond motifs is 1. The van der Waals surface area contributed by atoms with Gasteiger partial charge in [-0.2, -0.15) is 5.26 Å². The molecule has 0 aliphatic carbocycles. The minimum absolute atomic E-state index is 0.0726. The van der Waals surface area contributed by atoms with Crippen LogP contribution in [0.1, 0.15) is 17.0 Å². The summed E-state index contributed by atoms with van der Waals surface area (Å²) in [6.45, 7) is 0. The fraction of sp³-hybridized carbons (Fsp3) is 0.0667. The summed E-state index contributed by atoms with van der Waals surface area (Å²) in [6, 6.07) is 10.7. The molecule has 5 nitrogen and oxygen atoms in total. The van der Waals surface area contributed by atoms with Crippen LogP contribution in [0.5, 0.6) is 11.5 Å². The van der Waals surface area contributed by atoms with E-state index >= 15 is 0 Å². The van der Waals surface area contributed by atoms with E-state index in [2.05, 4.69) is 11.1 Å². The van der Waals surface area contributed by atoms with E-state index in [0.717, 1.165) is 11.1 Å². The Bertz CT molecular complexity index is 733. The summed E-state index contributed by atoms with van der Waals surface area (Å²) in [5.74, 6) is 0.346. The summed E-state index contributed by atoms with van der Waals surface area (Å²) in [6.07, 6.45) is 3.58. The number of ether oxygens (including phenoxy) is 1. The lowest BCUT2D eigenvalue weighted by molar-refractivity contribution is -0.378. The normalized spacial score (nSPS) is 17.1. The van der Waals surface area contributed by atoms with Gasteiger partial charge in [-0.3, -0.25) is 0 Å². The fourth-order valence-electron chi connectivity index (χ4n) is 2.38. The van der Waals surface area contributed by atoms with Crippen molar-refractivity contribution in [3.63, 3.8) is 0 Å². The van der Waals surface area contributed by atoms with Crippen LogP contribution >= 0.6 is 0 Å². The van der Waals surface area contributed by atoms with Gasteiger partial charge in [0, 0.05) is 23.8 Å². The molecule has 1 aliphatic heterocycles. The second kappa shape index (κ2) is 4.59. The first-order valence-corrected chi connectivity index (χ1v) is 6.07. The zero-order valence-corrected chi connectivity index (χ0v) is 10.5. The molecule has 0 radical (unpaired) electrons. The van der Waals surface area contributed by atoms with Gasteiger partial charge in [-0.1, -0.05) is 6.07 Å². The Morgan fingerprint density at radius 1 is 1.25 bits per heavy atom. The number of hydrogen-bond donors (Lipinski definition) is 2. The first-order valence-electron chi connectivity index (χ1n) is 6.07. The van der Waals surface area contributed by atoms with Crippen LogP contribution in [0, 0.1) is 11.3 Å². The summed E-state index contributed by atoms with van der Waals surface area (Å²) in [7, 11) is 0. The minimum atomic E-state index is -0.293. The van der Waals surface area contributed by atoms with Crippen molar-refractivity contribution in [3.8, 4) is 17.6 Å². The Labute approximate surface area is 115 Å². The zero-order valence-electron chi connectivity index (χ0n) is 10.5. The minimum Gasteiger partial charge on any atom is -0.508 e. The number of nitrogens with two attached hydrogens (primary N) is 1. The van der Waals surface area contributed by atoms with Crippen molar-refractivity contribution in [2.24, 2.45) is 5.73 Å². The fourth-order valence-corrected chi connectivity index (χ4v) is 2.38. The highest BCUT2D eigenvalue weighted by atomic mass is 16.5. The maximum atomic E-state index is 9.55. The van der Waals surface area contributed by atoms with Crippen molar-refractivity contribution >= 4 is 0 Å². The Balaban J connectivity index is 2.23. The summed E-state index contributed by atoms with van der Waals surface area (Å²) >= 11 is 0. The molecule has 1 aromatic heterocycles. The summed E-state index contributed by atoms with van der Waals surface area (Å²) in [4.78, 5) is 2.95. The molecule has 20 heavy (non-hydrogen) atoms. The van der Waals surface area contributed by atoms with E-state index in [1.165, 1.54) is 6.07 Å². The number of H-pyrrole nitrogens is 1. The monoisotopic (exact) mass is 266 g/mol. The molecule has 2 heterocycles.